The minimum atomic E-state index is -0.350. The number of hydrogen-bond acceptors (Lipinski definition) is 5. The molecule has 34 heavy (non-hydrogen) atoms. The second-order valence-electron chi connectivity index (χ2n) is 9.29. The molecule has 1 aliphatic rings. The van der Waals surface area contributed by atoms with Crippen LogP contribution in [0.3, 0.4) is 0 Å². The molecule has 0 unspecified atom stereocenters. The van der Waals surface area contributed by atoms with E-state index in [0.29, 0.717) is 5.17 Å². The third-order valence-corrected chi connectivity index (χ3v) is 7.13. The molecular formula is C27H30BN3O2S. The Kier molecular flexibility index (Phi) is 7.26. The molecule has 0 amide bonds. The molecule has 0 aliphatic carbocycles. The molecule has 174 valence electrons. The monoisotopic (exact) mass is 471 g/mol. The predicted molar refractivity (Wildman–Crippen MR) is 145 cm³/mol. The highest BCUT2D eigenvalue weighted by molar-refractivity contribution is 8.13. The lowest BCUT2D eigenvalue weighted by molar-refractivity contribution is 0.00578. The zero-order valence-electron chi connectivity index (χ0n) is 20.1. The van der Waals surface area contributed by atoms with E-state index in [9.17, 15) is 0 Å². The maximum Gasteiger partial charge on any atom is 0.494 e. The van der Waals surface area contributed by atoms with Gasteiger partial charge in [0.2, 0.25) is 0 Å². The van der Waals surface area contributed by atoms with E-state index >= 15 is 0 Å². The molecule has 0 bridgehead atoms. The average molecular weight is 471 g/mol. The van der Waals surface area contributed by atoms with Crippen LogP contribution in [-0.2, 0) is 15.1 Å². The number of benzene rings is 3. The molecule has 1 aliphatic heterocycles. The summed E-state index contributed by atoms with van der Waals surface area (Å²) in [6.07, 6.45) is 1.71. The van der Waals surface area contributed by atoms with Gasteiger partial charge in [-0.25, -0.2) is 0 Å². The smallest absolute Gasteiger partial charge is 0.399 e. The lowest BCUT2D eigenvalue weighted by Crippen LogP contribution is -2.41. The molecule has 5 nitrogen and oxygen atoms in total. The molecule has 1 saturated heterocycles. The zero-order chi connectivity index (χ0) is 24.2. The van der Waals surface area contributed by atoms with Crippen LogP contribution in [0, 0.1) is 0 Å². The predicted octanol–water partition coefficient (Wildman–Crippen LogP) is 5.23. The minimum Gasteiger partial charge on any atom is -0.399 e. The van der Waals surface area contributed by atoms with Crippen LogP contribution < -0.4 is 11.2 Å². The molecule has 7 heteroatoms. The summed E-state index contributed by atoms with van der Waals surface area (Å²) >= 11 is 1.47. The van der Waals surface area contributed by atoms with Crippen molar-refractivity contribution in [2.75, 3.05) is 0 Å². The summed E-state index contributed by atoms with van der Waals surface area (Å²) < 4.78 is 12.3. The van der Waals surface area contributed by atoms with E-state index in [1.165, 1.54) is 17.3 Å². The van der Waals surface area contributed by atoms with Crippen molar-refractivity contribution in [2.45, 2.75) is 44.6 Å². The maximum atomic E-state index is 6.15. The van der Waals surface area contributed by atoms with Gasteiger partial charge in [0.1, 0.15) is 0 Å². The van der Waals surface area contributed by atoms with Crippen LogP contribution in [0.15, 0.2) is 89.1 Å². The minimum absolute atomic E-state index is 0.344. The van der Waals surface area contributed by atoms with Gasteiger partial charge in [0.15, 0.2) is 5.17 Å². The molecule has 3 aromatic carbocycles. The van der Waals surface area contributed by atoms with Crippen molar-refractivity contribution in [1.29, 1.82) is 0 Å². The summed E-state index contributed by atoms with van der Waals surface area (Å²) in [4.78, 5) is 0. The Hall–Kier alpha value is -2.87. The van der Waals surface area contributed by atoms with Crippen molar-refractivity contribution >= 4 is 35.7 Å². The molecule has 0 atom stereocenters. The van der Waals surface area contributed by atoms with Crippen molar-refractivity contribution in [3.63, 3.8) is 0 Å². The molecule has 4 rings (SSSR count). The summed E-state index contributed by atoms with van der Waals surface area (Å²) in [5.41, 5.74) is 10.7. The van der Waals surface area contributed by atoms with Crippen LogP contribution in [0.1, 0.15) is 38.8 Å². The normalized spacial score (nSPS) is 17.4. The van der Waals surface area contributed by atoms with Crippen LogP contribution >= 0.6 is 11.8 Å². The van der Waals surface area contributed by atoms with Gasteiger partial charge < -0.3 is 15.0 Å². The number of nitrogens with zero attached hydrogens (tertiary/aromatic N) is 2. The molecular weight excluding hydrogens is 441 g/mol. The summed E-state index contributed by atoms with van der Waals surface area (Å²) in [5.74, 6) is 0.772. The van der Waals surface area contributed by atoms with Gasteiger partial charge in [-0.1, -0.05) is 90.6 Å². The Morgan fingerprint density at radius 1 is 0.853 bits per heavy atom. The van der Waals surface area contributed by atoms with Crippen LogP contribution in [0.5, 0.6) is 0 Å². The lowest BCUT2D eigenvalue weighted by atomic mass is 9.78. The number of hydrogen-bond donors (Lipinski definition) is 1. The molecule has 0 radical (unpaired) electrons. The zero-order valence-corrected chi connectivity index (χ0v) is 20.9. The fraction of sp³-hybridized carbons (Fsp3) is 0.259. The van der Waals surface area contributed by atoms with Gasteiger partial charge in [-0.3, -0.25) is 0 Å². The Bertz CT molecular complexity index is 1140. The first-order valence-electron chi connectivity index (χ1n) is 11.3. The van der Waals surface area contributed by atoms with Crippen LogP contribution in [0.2, 0.25) is 0 Å². The number of nitrogens with two attached hydrogens (primary N) is 1. The van der Waals surface area contributed by atoms with Crippen LogP contribution in [-0.4, -0.2) is 29.7 Å². The van der Waals surface area contributed by atoms with E-state index in [4.69, 9.17) is 15.0 Å². The summed E-state index contributed by atoms with van der Waals surface area (Å²) in [6, 6.07) is 26.7. The van der Waals surface area contributed by atoms with Gasteiger partial charge in [-0.2, -0.15) is 5.10 Å². The Morgan fingerprint density at radius 3 is 2.00 bits per heavy atom. The average Bonchev–Trinajstić information content (AvgIpc) is 3.06. The maximum absolute atomic E-state index is 6.15. The van der Waals surface area contributed by atoms with Gasteiger partial charge in [0.05, 0.1) is 17.4 Å². The second-order valence-corrected chi connectivity index (χ2v) is 10.3. The molecule has 0 aromatic heterocycles. The molecule has 0 saturated carbocycles. The fourth-order valence-corrected chi connectivity index (χ4v) is 4.10. The Labute approximate surface area is 206 Å². The SMILES string of the molecule is CC1(C)OB(c2ccc(-c3ccc(C=NN=C(N)SCc4ccccc4)cc3)cc2)OC1(C)C. The van der Waals surface area contributed by atoms with Gasteiger partial charge in [-0.05, 0) is 55.4 Å². The number of rotatable bonds is 6. The van der Waals surface area contributed by atoms with E-state index in [2.05, 4.69) is 86.4 Å². The first-order valence-corrected chi connectivity index (χ1v) is 12.3. The fourth-order valence-electron chi connectivity index (χ4n) is 3.49. The standard InChI is InChI=1S/C27H30BN3O2S/c1-26(2)27(3,4)33-28(32-26)24-16-14-23(15-17-24)22-12-10-20(11-13-22)18-30-31-25(29)34-19-21-8-6-5-7-9-21/h5-18H,19H2,1-4H3,(H2,29,31). The van der Waals surface area contributed by atoms with E-state index in [1.54, 1.807) is 6.21 Å². The lowest BCUT2D eigenvalue weighted by Gasteiger charge is -2.32. The highest BCUT2D eigenvalue weighted by Crippen LogP contribution is 2.36. The highest BCUT2D eigenvalue weighted by Gasteiger charge is 2.51. The van der Waals surface area contributed by atoms with Gasteiger partial charge >= 0.3 is 7.12 Å². The number of thioether (sulfide) groups is 1. The number of amidine groups is 1. The Balaban J connectivity index is 1.34. The van der Waals surface area contributed by atoms with Crippen molar-refractivity contribution in [2.24, 2.45) is 15.9 Å². The van der Waals surface area contributed by atoms with E-state index in [-0.39, 0.29) is 18.3 Å². The highest BCUT2D eigenvalue weighted by atomic mass is 32.2. The van der Waals surface area contributed by atoms with E-state index < -0.39 is 0 Å². The van der Waals surface area contributed by atoms with Gasteiger partial charge in [0, 0.05) is 5.75 Å². The van der Waals surface area contributed by atoms with E-state index in [0.717, 1.165) is 27.9 Å². The molecule has 1 heterocycles. The molecule has 1 fully saturated rings. The van der Waals surface area contributed by atoms with Crippen molar-refractivity contribution in [1.82, 2.24) is 0 Å². The first-order chi connectivity index (χ1) is 16.2. The van der Waals surface area contributed by atoms with Crippen molar-refractivity contribution < 1.29 is 9.31 Å². The quantitative estimate of drug-likeness (QED) is 0.231. The van der Waals surface area contributed by atoms with E-state index in [1.807, 2.05) is 30.3 Å². The third-order valence-electron chi connectivity index (χ3n) is 6.27. The van der Waals surface area contributed by atoms with Gasteiger partial charge in [-0.15, -0.1) is 5.10 Å². The topological polar surface area (TPSA) is 69.2 Å². The molecule has 2 N–H and O–H groups in total. The summed E-state index contributed by atoms with van der Waals surface area (Å²) in [5, 5.41) is 8.65. The first kappa shape index (κ1) is 24.3. The largest absolute Gasteiger partial charge is 0.494 e. The second kappa shape index (κ2) is 10.2. The summed E-state index contributed by atoms with van der Waals surface area (Å²) in [7, 11) is -0.350. The summed E-state index contributed by atoms with van der Waals surface area (Å²) in [6.45, 7) is 8.26. The molecule has 0 spiro atoms. The third kappa shape index (κ3) is 5.79. The van der Waals surface area contributed by atoms with Crippen LogP contribution in [0.25, 0.3) is 11.1 Å². The van der Waals surface area contributed by atoms with Crippen molar-refractivity contribution in [3.05, 3.63) is 90.0 Å². The van der Waals surface area contributed by atoms with Gasteiger partial charge in [0.25, 0.3) is 0 Å². The van der Waals surface area contributed by atoms with Crippen molar-refractivity contribution in [3.8, 4) is 11.1 Å². The Morgan fingerprint density at radius 2 is 1.41 bits per heavy atom. The molecule has 3 aromatic rings. The van der Waals surface area contributed by atoms with Crippen LogP contribution in [0.4, 0.5) is 0 Å².